The van der Waals surface area contributed by atoms with Gasteiger partial charge in [-0.1, -0.05) is 21.5 Å². The molecular formula is C14H23BrN2O2. The minimum Gasteiger partial charge on any atom is -0.376 e. The molecular weight excluding hydrogens is 308 g/mol. The fourth-order valence-electron chi connectivity index (χ4n) is 2.50. The standard InChI is InChI=1S/C14H23BrN2O2/c1-10-5-6-17(9-13(10)15)11(2)14(18)16-8-12-4-3-7-19-12/h11-12H,3-9H2,1-2H3,(H,16,18)/t11-,12-/m1/s1. The van der Waals surface area contributed by atoms with Crippen molar-refractivity contribution in [3.05, 3.63) is 10.1 Å². The molecule has 1 N–H and O–H groups in total. The third-order valence-corrected chi connectivity index (χ3v) is 4.96. The van der Waals surface area contributed by atoms with E-state index >= 15 is 0 Å². The van der Waals surface area contributed by atoms with Crippen molar-refractivity contribution in [2.24, 2.45) is 0 Å². The third-order valence-electron chi connectivity index (χ3n) is 4.03. The molecule has 2 atom stereocenters. The molecule has 1 amide bonds. The lowest BCUT2D eigenvalue weighted by Crippen LogP contribution is -2.48. The number of rotatable bonds is 4. The molecule has 2 heterocycles. The van der Waals surface area contributed by atoms with Crippen LogP contribution in [0.2, 0.25) is 0 Å². The molecule has 4 nitrogen and oxygen atoms in total. The van der Waals surface area contributed by atoms with Crippen LogP contribution in [0.5, 0.6) is 0 Å². The molecule has 0 aromatic heterocycles. The summed E-state index contributed by atoms with van der Waals surface area (Å²) < 4.78 is 6.74. The lowest BCUT2D eigenvalue weighted by atomic mass is 10.1. The van der Waals surface area contributed by atoms with Crippen LogP contribution in [-0.4, -0.2) is 49.2 Å². The number of hydrogen-bond donors (Lipinski definition) is 1. The molecule has 5 heteroatoms. The van der Waals surface area contributed by atoms with Crippen molar-refractivity contribution in [2.45, 2.75) is 45.3 Å². The first-order chi connectivity index (χ1) is 9.08. The minimum atomic E-state index is -0.0814. The van der Waals surface area contributed by atoms with Gasteiger partial charge < -0.3 is 10.1 Å². The van der Waals surface area contributed by atoms with E-state index in [0.717, 1.165) is 39.0 Å². The lowest BCUT2D eigenvalue weighted by molar-refractivity contribution is -0.126. The molecule has 19 heavy (non-hydrogen) atoms. The average Bonchev–Trinajstić information content (AvgIpc) is 2.91. The molecule has 0 radical (unpaired) electrons. The van der Waals surface area contributed by atoms with Crippen molar-refractivity contribution in [1.29, 1.82) is 0 Å². The number of halogens is 1. The zero-order valence-corrected chi connectivity index (χ0v) is 13.3. The zero-order chi connectivity index (χ0) is 13.8. The SMILES string of the molecule is CC1=C(Br)CN([C@H](C)C(=O)NC[C@H]2CCCO2)CC1. The normalized spacial score (nSPS) is 26.6. The van der Waals surface area contributed by atoms with Crippen LogP contribution in [0.1, 0.15) is 33.1 Å². The summed E-state index contributed by atoms with van der Waals surface area (Å²) in [4.78, 5) is 14.4. The molecule has 108 valence electrons. The number of nitrogens with one attached hydrogen (secondary N) is 1. The first-order valence-corrected chi connectivity index (χ1v) is 7.84. The molecule has 0 aliphatic carbocycles. The second-order valence-corrected chi connectivity index (χ2v) is 6.42. The number of hydrogen-bond acceptors (Lipinski definition) is 3. The molecule has 1 fully saturated rings. The number of nitrogens with zero attached hydrogens (tertiary/aromatic N) is 1. The quantitative estimate of drug-likeness (QED) is 0.857. The monoisotopic (exact) mass is 330 g/mol. The molecule has 0 saturated carbocycles. The summed E-state index contributed by atoms with van der Waals surface area (Å²) in [6.07, 6.45) is 3.42. The predicted octanol–water partition coefficient (Wildman–Crippen LogP) is 2.04. The summed E-state index contributed by atoms with van der Waals surface area (Å²) in [5, 5.41) is 3.01. The summed E-state index contributed by atoms with van der Waals surface area (Å²) in [7, 11) is 0. The number of carbonyl (C=O) groups excluding carboxylic acids is 1. The van der Waals surface area contributed by atoms with E-state index in [2.05, 4.69) is 33.1 Å². The van der Waals surface area contributed by atoms with E-state index in [1.165, 1.54) is 10.1 Å². The van der Waals surface area contributed by atoms with Crippen molar-refractivity contribution in [3.63, 3.8) is 0 Å². The molecule has 2 rings (SSSR count). The number of amides is 1. The van der Waals surface area contributed by atoms with Crippen molar-refractivity contribution in [1.82, 2.24) is 10.2 Å². The Bertz CT molecular complexity index is 364. The molecule has 0 aromatic carbocycles. The highest BCUT2D eigenvalue weighted by Gasteiger charge is 2.25. The maximum absolute atomic E-state index is 12.1. The second-order valence-electron chi connectivity index (χ2n) is 5.46. The Hall–Kier alpha value is -0.390. The highest BCUT2D eigenvalue weighted by molar-refractivity contribution is 9.11. The lowest BCUT2D eigenvalue weighted by Gasteiger charge is -2.32. The van der Waals surface area contributed by atoms with Gasteiger partial charge in [0.15, 0.2) is 0 Å². The van der Waals surface area contributed by atoms with Crippen LogP contribution in [0.15, 0.2) is 10.1 Å². The maximum Gasteiger partial charge on any atom is 0.237 e. The van der Waals surface area contributed by atoms with E-state index in [-0.39, 0.29) is 18.1 Å². The summed E-state index contributed by atoms with van der Waals surface area (Å²) in [6.45, 7) is 7.39. The highest BCUT2D eigenvalue weighted by Crippen LogP contribution is 2.23. The van der Waals surface area contributed by atoms with Gasteiger partial charge in [0.1, 0.15) is 0 Å². The van der Waals surface area contributed by atoms with Gasteiger partial charge >= 0.3 is 0 Å². The van der Waals surface area contributed by atoms with Crippen LogP contribution < -0.4 is 5.32 Å². The summed E-state index contributed by atoms with van der Waals surface area (Å²) in [5.41, 5.74) is 1.39. The Morgan fingerprint density at radius 3 is 3.05 bits per heavy atom. The van der Waals surface area contributed by atoms with E-state index < -0.39 is 0 Å². The van der Waals surface area contributed by atoms with Gasteiger partial charge in [0.25, 0.3) is 0 Å². The van der Waals surface area contributed by atoms with Crippen LogP contribution in [-0.2, 0) is 9.53 Å². The van der Waals surface area contributed by atoms with Crippen molar-refractivity contribution >= 4 is 21.8 Å². The first kappa shape index (κ1) is 15.0. The van der Waals surface area contributed by atoms with Crippen molar-refractivity contribution < 1.29 is 9.53 Å². The van der Waals surface area contributed by atoms with E-state index in [4.69, 9.17) is 4.74 Å². The highest BCUT2D eigenvalue weighted by atomic mass is 79.9. The van der Waals surface area contributed by atoms with Gasteiger partial charge in [0, 0.05) is 30.7 Å². The average molecular weight is 331 g/mol. The largest absolute Gasteiger partial charge is 0.376 e. The van der Waals surface area contributed by atoms with Crippen molar-refractivity contribution in [3.8, 4) is 0 Å². The van der Waals surface area contributed by atoms with E-state index in [1.807, 2.05) is 6.92 Å². The van der Waals surface area contributed by atoms with Gasteiger partial charge in [-0.2, -0.15) is 0 Å². The fraction of sp³-hybridized carbons (Fsp3) is 0.786. The van der Waals surface area contributed by atoms with Crippen LogP contribution in [0.3, 0.4) is 0 Å². The molecule has 1 saturated heterocycles. The molecule has 0 spiro atoms. The Morgan fingerprint density at radius 2 is 2.42 bits per heavy atom. The van der Waals surface area contributed by atoms with Gasteiger partial charge in [-0.25, -0.2) is 0 Å². The van der Waals surface area contributed by atoms with E-state index in [0.29, 0.717) is 6.54 Å². The third kappa shape index (κ3) is 4.04. The summed E-state index contributed by atoms with van der Waals surface area (Å²) >= 11 is 3.59. The van der Waals surface area contributed by atoms with Crippen LogP contribution in [0.4, 0.5) is 0 Å². The summed E-state index contributed by atoms with van der Waals surface area (Å²) in [5.74, 6) is 0.107. The second kappa shape index (κ2) is 6.86. The minimum absolute atomic E-state index is 0.0814. The van der Waals surface area contributed by atoms with Crippen LogP contribution >= 0.6 is 15.9 Å². The molecule has 0 bridgehead atoms. The van der Waals surface area contributed by atoms with Crippen LogP contribution in [0.25, 0.3) is 0 Å². The predicted molar refractivity (Wildman–Crippen MR) is 79.3 cm³/mol. The van der Waals surface area contributed by atoms with Gasteiger partial charge in [-0.3, -0.25) is 9.69 Å². The van der Waals surface area contributed by atoms with E-state index in [9.17, 15) is 4.79 Å². The smallest absolute Gasteiger partial charge is 0.237 e. The van der Waals surface area contributed by atoms with Gasteiger partial charge in [-0.05, 0) is 33.1 Å². The van der Waals surface area contributed by atoms with E-state index in [1.54, 1.807) is 0 Å². The number of carbonyl (C=O) groups is 1. The molecule has 0 unspecified atom stereocenters. The number of ether oxygens (including phenoxy) is 1. The molecule has 0 aromatic rings. The Labute approximate surface area is 123 Å². The van der Waals surface area contributed by atoms with Crippen molar-refractivity contribution in [2.75, 3.05) is 26.2 Å². The Kier molecular flexibility index (Phi) is 5.42. The fourth-order valence-corrected chi connectivity index (χ4v) is 3.02. The molecule has 2 aliphatic heterocycles. The summed E-state index contributed by atoms with van der Waals surface area (Å²) in [6, 6.07) is -0.0814. The van der Waals surface area contributed by atoms with Gasteiger partial charge in [-0.15, -0.1) is 0 Å². The van der Waals surface area contributed by atoms with Gasteiger partial charge in [0.05, 0.1) is 12.1 Å². The van der Waals surface area contributed by atoms with Crippen LogP contribution in [0, 0.1) is 0 Å². The first-order valence-electron chi connectivity index (χ1n) is 7.05. The zero-order valence-electron chi connectivity index (χ0n) is 11.7. The topological polar surface area (TPSA) is 41.6 Å². The molecule has 2 aliphatic rings. The Morgan fingerprint density at radius 1 is 1.63 bits per heavy atom. The maximum atomic E-state index is 12.1. The Balaban J connectivity index is 1.78. The van der Waals surface area contributed by atoms with Gasteiger partial charge in [0.2, 0.25) is 5.91 Å².